The van der Waals surface area contributed by atoms with E-state index in [0.717, 1.165) is 219 Å². The zero-order valence-corrected chi connectivity index (χ0v) is 80.6. The molecular weight excluding hydrogens is 1730 g/mol. The number of nitrogens with one attached hydrogen (secondary N) is 2. The van der Waals surface area contributed by atoms with Crippen molar-refractivity contribution in [3.05, 3.63) is 294 Å². The molecule has 0 saturated carbocycles. The van der Waals surface area contributed by atoms with E-state index in [1.807, 2.05) is 158 Å². The lowest BCUT2D eigenvalue weighted by atomic mass is 10.1. The van der Waals surface area contributed by atoms with Gasteiger partial charge in [0.05, 0.1) is 22.8 Å². The summed E-state index contributed by atoms with van der Waals surface area (Å²) in [5.41, 5.74) is 19.5. The van der Waals surface area contributed by atoms with Gasteiger partial charge in [0.1, 0.15) is 64.2 Å². The van der Waals surface area contributed by atoms with Gasteiger partial charge in [-0.25, -0.2) is 38.0 Å². The van der Waals surface area contributed by atoms with Gasteiger partial charge in [0.25, 0.3) is 0 Å². The first-order valence-electron chi connectivity index (χ1n) is 49.0. The van der Waals surface area contributed by atoms with Crippen LogP contribution in [0.1, 0.15) is 125 Å². The van der Waals surface area contributed by atoms with E-state index in [1.54, 1.807) is 0 Å². The maximum absolute atomic E-state index is 6.17. The Morgan fingerprint density at radius 1 is 0.341 bits per heavy atom. The number of pyridine rings is 4. The van der Waals surface area contributed by atoms with Gasteiger partial charge in [-0.1, -0.05) is 119 Å². The van der Waals surface area contributed by atoms with Gasteiger partial charge in [-0.2, -0.15) is 20.4 Å². The number of fused-ring (bicyclic) bond motifs is 8. The zero-order chi connectivity index (χ0) is 94.5. The van der Waals surface area contributed by atoms with E-state index in [-0.39, 0.29) is 5.60 Å². The van der Waals surface area contributed by atoms with Crippen LogP contribution in [0.5, 0.6) is 51.7 Å². The number of aromatic nitrogens is 12. The van der Waals surface area contributed by atoms with Crippen LogP contribution >= 0.6 is 0 Å². The minimum absolute atomic E-state index is 0.265. The predicted octanol–water partition coefficient (Wildman–Crippen LogP) is 19.1. The molecule has 714 valence electrons. The second-order valence-corrected chi connectivity index (χ2v) is 36.2. The molecule has 16 aromatic rings. The summed E-state index contributed by atoms with van der Waals surface area (Å²) >= 11 is 0. The Morgan fingerprint density at radius 2 is 0.696 bits per heavy atom. The molecule has 0 amide bonds. The van der Waals surface area contributed by atoms with Gasteiger partial charge in [0.2, 0.25) is 0 Å². The molecule has 0 atom stereocenters. The fourth-order valence-electron chi connectivity index (χ4n) is 18.3. The number of benzene rings is 8. The molecule has 0 unspecified atom stereocenters. The summed E-state index contributed by atoms with van der Waals surface area (Å²) in [6.07, 6.45) is 10.3. The van der Waals surface area contributed by atoms with Crippen molar-refractivity contribution in [1.29, 1.82) is 0 Å². The van der Waals surface area contributed by atoms with Crippen molar-refractivity contribution in [3.63, 3.8) is 0 Å². The smallest absolute Gasteiger partial charge is 0.162 e. The number of hydrogen-bond donors (Lipinski definition) is 2. The number of anilines is 2. The second-order valence-electron chi connectivity index (χ2n) is 36.2. The molecule has 1 saturated heterocycles. The van der Waals surface area contributed by atoms with Crippen LogP contribution in [-0.2, 0) is 32.1 Å². The highest BCUT2D eigenvalue weighted by Gasteiger charge is 2.25. The molecule has 5 aliphatic heterocycles. The quantitative estimate of drug-likeness (QED) is 0.0363. The fraction of sp³-hybridized carbons (Fsp3) is 0.351. The van der Waals surface area contributed by atoms with E-state index in [9.17, 15) is 0 Å². The third kappa shape index (κ3) is 24.3. The molecular formula is C111H126N18O9. The van der Waals surface area contributed by atoms with Gasteiger partial charge in [-0.3, -0.25) is 0 Å². The van der Waals surface area contributed by atoms with E-state index in [2.05, 4.69) is 189 Å². The van der Waals surface area contributed by atoms with E-state index >= 15 is 0 Å². The van der Waals surface area contributed by atoms with Crippen LogP contribution in [0.25, 0.3) is 67.6 Å². The molecule has 2 N–H and O–H groups in total. The lowest BCUT2D eigenvalue weighted by Gasteiger charge is -2.29. The monoisotopic (exact) mass is 1850 g/mol. The molecule has 8 aromatic carbocycles. The van der Waals surface area contributed by atoms with Crippen LogP contribution in [-0.4, -0.2) is 229 Å². The lowest BCUT2D eigenvalue weighted by Crippen LogP contribution is -2.39. The second kappa shape index (κ2) is 45.2. The van der Waals surface area contributed by atoms with Gasteiger partial charge in [-0.05, 0) is 298 Å². The van der Waals surface area contributed by atoms with E-state index in [4.69, 9.17) is 83.0 Å². The molecule has 21 rings (SSSR count). The highest BCUT2D eigenvalue weighted by atomic mass is 16.6. The zero-order valence-electron chi connectivity index (χ0n) is 80.6. The van der Waals surface area contributed by atoms with Crippen LogP contribution < -0.4 is 53.3 Å². The Kier molecular flexibility index (Phi) is 30.9. The van der Waals surface area contributed by atoms with Crippen molar-refractivity contribution < 1.29 is 42.6 Å². The topological polar surface area (TPSA) is 241 Å². The van der Waals surface area contributed by atoms with Crippen LogP contribution in [0.4, 0.5) is 11.4 Å². The molecule has 0 radical (unpaired) electrons. The summed E-state index contributed by atoms with van der Waals surface area (Å²) in [6, 6.07) is 82.5. The number of aryl methyl sites for hydroxylation is 1. The van der Waals surface area contributed by atoms with Crippen molar-refractivity contribution >= 4 is 34.0 Å². The fourth-order valence-corrected chi connectivity index (χ4v) is 18.3. The summed E-state index contributed by atoms with van der Waals surface area (Å²) in [7, 11) is 4.10. The molecule has 0 spiro atoms. The van der Waals surface area contributed by atoms with Gasteiger partial charge < -0.3 is 72.9 Å². The Morgan fingerprint density at radius 3 is 1.09 bits per heavy atom. The molecule has 5 aliphatic rings. The molecule has 138 heavy (non-hydrogen) atoms. The van der Waals surface area contributed by atoms with Crippen LogP contribution in [0, 0.1) is 0 Å². The van der Waals surface area contributed by atoms with E-state index in [0.29, 0.717) is 78.5 Å². The summed E-state index contributed by atoms with van der Waals surface area (Å²) in [6.45, 7) is 30.8. The predicted molar refractivity (Wildman–Crippen MR) is 544 cm³/mol. The molecule has 8 aromatic heterocycles. The Hall–Kier alpha value is -14.1. The molecule has 0 bridgehead atoms. The standard InChI is InChI=1S/C29H33N5O2.C28H32N4O2.C27H31N5O2.C27H30N4O3/c1-2-15-33(16-3-1)17-5-14-30-24-11-8-22(9-12-24)20-28-31-29-7-4-6-25(34(29)32-28)23-10-13-26-27(21-23)36-19-18-35-26;1-3-31(4-2)16-6-7-21-10-12-22(13-11-21)19-27-29-28-9-5-8-24(32(28)30-27)23-14-15-25-26(20-23)34-18-17-33-25;1-3-31(4-2)14-13-28-22-8-5-7-20(17-22)18-26-29-27-10-6-9-23(32(27)30-26)21-11-12-24-25(19-21)34-16-15-33-24;1-27(2,18-30(3)4)34-21-11-8-19(9-12-21)16-25-28-26-7-5-6-22(31(26)29-25)20-10-13-23-24(17-20)33-15-14-32-23/h4,6-13,21,30H,1-3,5,14-20H2;5,8-15,20H,3-4,6-7,16-19H2,1-2H3;5-12,17,19,28H,3-4,13-16,18H2,1-2H3;5-13,17H,14-16,18H2,1-4H3. The van der Waals surface area contributed by atoms with Gasteiger partial charge in [0.15, 0.2) is 91.9 Å². The molecule has 27 nitrogen and oxygen atoms in total. The molecule has 27 heteroatoms. The number of likely N-dealkylation sites (tertiary alicyclic amines) is 1. The average Bonchev–Trinajstić information content (AvgIpc) is 1.64. The number of rotatable bonds is 33. The van der Waals surface area contributed by atoms with Crippen molar-refractivity contribution in [2.45, 2.75) is 111 Å². The van der Waals surface area contributed by atoms with E-state index in [1.165, 1.54) is 79.7 Å². The average molecular weight is 1860 g/mol. The maximum Gasteiger partial charge on any atom is 0.162 e. The summed E-state index contributed by atoms with van der Waals surface area (Å²) in [5.74, 6) is 10.3. The molecule has 1 fully saturated rings. The highest BCUT2D eigenvalue weighted by molar-refractivity contribution is 5.71. The number of hydrogen-bond acceptors (Lipinski definition) is 23. The largest absolute Gasteiger partial charge is 0.487 e. The van der Waals surface area contributed by atoms with Crippen molar-refractivity contribution in [2.75, 3.05) is 156 Å². The minimum Gasteiger partial charge on any atom is -0.487 e. The van der Waals surface area contributed by atoms with Crippen molar-refractivity contribution in [3.8, 4) is 96.8 Å². The lowest BCUT2D eigenvalue weighted by molar-refractivity contribution is 0.0774. The Bertz CT molecular complexity index is 6720. The SMILES string of the molecule is CCN(CC)CCCc1ccc(Cc2nc3cccc(-c4ccc5c(c4)OCCO5)n3n2)cc1.CCN(CC)CCNc1cccc(Cc2nc3cccc(-c4ccc5c(c4)OCCO5)n3n2)c1.CN(C)CC(C)(C)Oc1ccc(Cc2nc3cccc(-c4ccc5c(c4)OCCO5)n3n2)cc1.c1cc(-c2ccc3c(c2)OCCO3)n2nc(Cc3ccc(NCCCN4CCCCC4)cc3)nc2c1. The van der Waals surface area contributed by atoms with Gasteiger partial charge in [-0.15, -0.1) is 0 Å². The Labute approximate surface area is 808 Å². The van der Waals surface area contributed by atoms with Gasteiger partial charge in [0, 0.05) is 85.5 Å². The third-order valence-electron chi connectivity index (χ3n) is 25.2. The van der Waals surface area contributed by atoms with E-state index < -0.39 is 0 Å². The first kappa shape index (κ1) is 94.2. The number of nitrogens with zero attached hydrogens (tertiary/aromatic N) is 16. The minimum atomic E-state index is -0.265. The summed E-state index contributed by atoms with van der Waals surface area (Å²) < 4.78 is 59.5. The van der Waals surface area contributed by atoms with Crippen molar-refractivity contribution in [1.82, 2.24) is 78.0 Å². The first-order chi connectivity index (χ1) is 67.6. The normalized spacial score (nSPS) is 13.8. The first-order valence-corrected chi connectivity index (χ1v) is 49.0. The summed E-state index contributed by atoms with van der Waals surface area (Å²) in [5, 5.41) is 26.4. The molecule has 13 heterocycles. The summed E-state index contributed by atoms with van der Waals surface area (Å²) in [4.78, 5) is 28.7. The highest BCUT2D eigenvalue weighted by Crippen LogP contribution is 2.40. The number of piperidine rings is 1. The molecule has 0 aliphatic carbocycles. The van der Waals surface area contributed by atoms with Crippen LogP contribution in [0.15, 0.2) is 243 Å². The number of ether oxygens (including phenoxy) is 9. The third-order valence-corrected chi connectivity index (χ3v) is 25.2. The van der Waals surface area contributed by atoms with Crippen LogP contribution in [0.2, 0.25) is 0 Å². The maximum atomic E-state index is 6.17. The number of likely N-dealkylation sites (N-methyl/N-ethyl adjacent to an activating group) is 2. The van der Waals surface area contributed by atoms with Crippen LogP contribution in [0.3, 0.4) is 0 Å². The Balaban J connectivity index is 0.000000122. The van der Waals surface area contributed by atoms with Crippen molar-refractivity contribution in [2.24, 2.45) is 0 Å². The van der Waals surface area contributed by atoms with Gasteiger partial charge >= 0.3 is 0 Å².